The summed E-state index contributed by atoms with van der Waals surface area (Å²) < 4.78 is 0. The largest absolute Gasteiger partial charge is 0.350 e. The second-order valence-electron chi connectivity index (χ2n) is 10.9. The van der Waals surface area contributed by atoms with E-state index in [1.54, 1.807) is 13.8 Å². The molecule has 4 atom stereocenters. The predicted octanol–water partition coefficient (Wildman–Crippen LogP) is 5.11. The zero-order valence-electron chi connectivity index (χ0n) is 22.1. The van der Waals surface area contributed by atoms with Crippen LogP contribution >= 0.6 is 0 Å². The minimum atomic E-state index is -1.18. The molecular formula is C31H40N4O2. The number of carbonyl (C=O) groups is 2. The lowest BCUT2D eigenvalue weighted by Crippen LogP contribution is -2.56. The Hall–Kier alpha value is -3.28. The van der Waals surface area contributed by atoms with Gasteiger partial charge in [-0.05, 0) is 50.7 Å². The Bertz CT molecular complexity index is 995. The molecule has 2 amide bonds. The molecule has 0 unspecified atom stereocenters. The lowest BCUT2D eigenvalue weighted by atomic mass is 9.85. The summed E-state index contributed by atoms with van der Waals surface area (Å²) in [6.07, 6.45) is 11.7. The van der Waals surface area contributed by atoms with Gasteiger partial charge >= 0.3 is 0 Å². The molecule has 2 aliphatic rings. The van der Waals surface area contributed by atoms with Gasteiger partial charge in [0.25, 0.3) is 0 Å². The molecule has 2 aliphatic carbocycles. The van der Waals surface area contributed by atoms with Gasteiger partial charge in [0.2, 0.25) is 11.8 Å². The Morgan fingerprint density at radius 1 is 0.676 bits per heavy atom. The van der Waals surface area contributed by atoms with Gasteiger partial charge in [-0.3, -0.25) is 19.6 Å². The molecular weight excluding hydrogens is 460 g/mol. The molecule has 2 aromatic rings. The third-order valence-corrected chi connectivity index (χ3v) is 7.66. The number of aliphatic imine (C=N–C) groups is 2. The molecule has 2 fully saturated rings. The molecule has 6 heteroatoms. The van der Waals surface area contributed by atoms with Gasteiger partial charge in [-0.2, -0.15) is 0 Å². The first-order chi connectivity index (χ1) is 17.9. The number of benzene rings is 2. The second-order valence-corrected chi connectivity index (χ2v) is 10.9. The van der Waals surface area contributed by atoms with E-state index in [9.17, 15) is 9.59 Å². The van der Waals surface area contributed by atoms with E-state index < -0.39 is 5.41 Å². The quantitative estimate of drug-likeness (QED) is 0.390. The minimum absolute atomic E-state index is 0.0202. The Morgan fingerprint density at radius 2 is 1.05 bits per heavy atom. The molecule has 0 aliphatic heterocycles. The molecule has 2 aromatic carbocycles. The third kappa shape index (κ3) is 7.37. The molecule has 4 rings (SSSR count). The first-order valence-corrected chi connectivity index (χ1v) is 13.7. The first kappa shape index (κ1) is 26.8. The Labute approximate surface area is 221 Å². The van der Waals surface area contributed by atoms with Crippen molar-refractivity contribution in [1.29, 1.82) is 0 Å². The van der Waals surface area contributed by atoms with E-state index in [0.717, 1.165) is 62.5 Å². The van der Waals surface area contributed by atoms with Gasteiger partial charge in [0.15, 0.2) is 0 Å². The van der Waals surface area contributed by atoms with Crippen LogP contribution in [0.4, 0.5) is 0 Å². The van der Waals surface area contributed by atoms with E-state index in [2.05, 4.69) is 10.6 Å². The highest BCUT2D eigenvalue weighted by Gasteiger charge is 2.40. The number of hydrogen-bond acceptors (Lipinski definition) is 4. The highest BCUT2D eigenvalue weighted by molar-refractivity contribution is 6.04. The van der Waals surface area contributed by atoms with Crippen molar-refractivity contribution < 1.29 is 9.59 Å². The van der Waals surface area contributed by atoms with Crippen LogP contribution in [0.3, 0.4) is 0 Å². The maximum atomic E-state index is 13.4. The van der Waals surface area contributed by atoms with Gasteiger partial charge < -0.3 is 10.6 Å². The van der Waals surface area contributed by atoms with Crippen LogP contribution in [0.1, 0.15) is 76.3 Å². The summed E-state index contributed by atoms with van der Waals surface area (Å²) in [6.45, 7) is 3.43. The zero-order valence-corrected chi connectivity index (χ0v) is 22.1. The van der Waals surface area contributed by atoms with E-state index in [4.69, 9.17) is 9.98 Å². The van der Waals surface area contributed by atoms with Crippen LogP contribution < -0.4 is 10.6 Å². The second kappa shape index (κ2) is 12.8. The van der Waals surface area contributed by atoms with Crippen LogP contribution in [0.2, 0.25) is 0 Å². The normalized spacial score (nSPS) is 24.7. The number of amides is 2. The molecule has 6 nitrogen and oxygen atoms in total. The maximum Gasteiger partial charge on any atom is 0.235 e. The van der Waals surface area contributed by atoms with Crippen LogP contribution in [0.5, 0.6) is 0 Å². The SMILES string of the molecule is CC(C)(C(=O)N[C@@H]1CCCC[C@H]1N=Cc1ccccc1)C(=O)N[C@@H]1CCCC[C@H]1N=Cc1ccccc1. The lowest BCUT2D eigenvalue weighted by Gasteiger charge is -2.35. The fraction of sp³-hybridized carbons (Fsp3) is 0.484. The molecule has 2 saturated carbocycles. The summed E-state index contributed by atoms with van der Waals surface area (Å²) in [4.78, 5) is 36.4. The number of hydrogen-bond donors (Lipinski definition) is 2. The first-order valence-electron chi connectivity index (χ1n) is 13.7. The summed E-state index contributed by atoms with van der Waals surface area (Å²) in [7, 11) is 0. The van der Waals surface area contributed by atoms with Gasteiger partial charge in [-0.1, -0.05) is 86.3 Å². The van der Waals surface area contributed by atoms with Crippen LogP contribution in [-0.4, -0.2) is 48.4 Å². The Kier molecular flexibility index (Phi) is 9.26. The van der Waals surface area contributed by atoms with Crippen molar-refractivity contribution in [3.63, 3.8) is 0 Å². The fourth-order valence-electron chi connectivity index (χ4n) is 5.16. The highest BCUT2D eigenvalue weighted by atomic mass is 16.2. The summed E-state index contributed by atoms with van der Waals surface area (Å²) in [5, 5.41) is 6.36. The van der Waals surface area contributed by atoms with E-state index in [-0.39, 0.29) is 36.0 Å². The highest BCUT2D eigenvalue weighted by Crippen LogP contribution is 2.26. The Morgan fingerprint density at radius 3 is 1.46 bits per heavy atom. The van der Waals surface area contributed by atoms with Crippen LogP contribution in [0.25, 0.3) is 0 Å². The van der Waals surface area contributed by atoms with Gasteiger partial charge in [0, 0.05) is 12.4 Å². The van der Waals surface area contributed by atoms with Crippen molar-refractivity contribution in [2.45, 2.75) is 89.4 Å². The van der Waals surface area contributed by atoms with Crippen LogP contribution in [-0.2, 0) is 9.59 Å². The topological polar surface area (TPSA) is 82.9 Å². The number of nitrogens with zero attached hydrogens (tertiary/aromatic N) is 2. The molecule has 0 bridgehead atoms. The molecule has 37 heavy (non-hydrogen) atoms. The number of rotatable bonds is 8. The van der Waals surface area contributed by atoms with E-state index in [1.807, 2.05) is 73.1 Å². The predicted molar refractivity (Wildman–Crippen MR) is 150 cm³/mol. The van der Waals surface area contributed by atoms with Gasteiger partial charge in [0.05, 0.1) is 24.2 Å². The smallest absolute Gasteiger partial charge is 0.235 e. The van der Waals surface area contributed by atoms with Crippen molar-refractivity contribution in [2.75, 3.05) is 0 Å². The van der Waals surface area contributed by atoms with Crippen molar-refractivity contribution >= 4 is 24.2 Å². The van der Waals surface area contributed by atoms with Crippen molar-refractivity contribution in [3.05, 3.63) is 71.8 Å². The van der Waals surface area contributed by atoms with Crippen LogP contribution in [0.15, 0.2) is 70.6 Å². The van der Waals surface area contributed by atoms with Crippen molar-refractivity contribution in [3.8, 4) is 0 Å². The maximum absolute atomic E-state index is 13.4. The molecule has 0 aromatic heterocycles. The number of nitrogens with one attached hydrogen (secondary N) is 2. The number of carbonyl (C=O) groups excluding carboxylic acids is 2. The monoisotopic (exact) mass is 500 g/mol. The summed E-state index contributed by atoms with van der Waals surface area (Å²) >= 11 is 0. The third-order valence-electron chi connectivity index (χ3n) is 7.66. The standard InChI is InChI=1S/C31H40N4O2/c1-31(2,29(36)34-27-19-11-9-17-25(27)32-21-23-13-5-3-6-14-23)30(37)35-28-20-12-10-18-26(28)33-22-24-15-7-4-8-16-24/h3-8,13-16,21-22,25-28H,9-12,17-20H2,1-2H3,(H,34,36)(H,35,37)/t25-,26-,27-,28-/m1/s1. The van der Waals surface area contributed by atoms with Crippen molar-refractivity contribution in [1.82, 2.24) is 10.6 Å². The lowest BCUT2D eigenvalue weighted by molar-refractivity contribution is -0.142. The average Bonchev–Trinajstić information content (AvgIpc) is 2.93. The summed E-state index contributed by atoms with van der Waals surface area (Å²) in [5.74, 6) is -0.478. The summed E-state index contributed by atoms with van der Waals surface area (Å²) in [6, 6.07) is 19.9. The van der Waals surface area contributed by atoms with E-state index in [0.29, 0.717) is 0 Å². The van der Waals surface area contributed by atoms with Gasteiger partial charge in [-0.15, -0.1) is 0 Å². The van der Waals surface area contributed by atoms with E-state index >= 15 is 0 Å². The van der Waals surface area contributed by atoms with Crippen molar-refractivity contribution in [2.24, 2.45) is 15.4 Å². The minimum Gasteiger partial charge on any atom is -0.350 e. The van der Waals surface area contributed by atoms with E-state index in [1.165, 1.54) is 0 Å². The van der Waals surface area contributed by atoms with Gasteiger partial charge in [-0.25, -0.2) is 0 Å². The fourth-order valence-corrected chi connectivity index (χ4v) is 5.16. The van der Waals surface area contributed by atoms with Gasteiger partial charge in [0.1, 0.15) is 5.41 Å². The molecule has 196 valence electrons. The molecule has 0 spiro atoms. The van der Waals surface area contributed by atoms with Crippen LogP contribution in [0, 0.1) is 5.41 Å². The molecule has 0 saturated heterocycles. The molecule has 0 heterocycles. The molecule has 2 N–H and O–H groups in total. The Balaban J connectivity index is 1.37. The summed E-state index contributed by atoms with van der Waals surface area (Å²) in [5.41, 5.74) is 0.917. The zero-order chi connectivity index (χ0) is 26.1. The average molecular weight is 501 g/mol. The molecule has 0 radical (unpaired) electrons.